The van der Waals surface area contributed by atoms with Crippen molar-refractivity contribution < 1.29 is 36.3 Å². The van der Waals surface area contributed by atoms with Gasteiger partial charge in [-0.15, -0.1) is 0 Å². The molecule has 11 heteroatoms. The molecule has 5 nitrogen and oxygen atoms in total. The number of carbonyl (C=O) groups excluding carboxylic acids is 1. The van der Waals surface area contributed by atoms with Crippen LogP contribution in [0, 0.1) is 5.92 Å². The molecule has 112 valence electrons. The summed E-state index contributed by atoms with van der Waals surface area (Å²) >= 11 is 0. The third kappa shape index (κ3) is 4.83. The molecule has 0 heterocycles. The van der Waals surface area contributed by atoms with E-state index in [1.807, 2.05) is 0 Å². The Bertz CT molecular complexity index is 337. The van der Waals surface area contributed by atoms with Gasteiger partial charge in [0.25, 0.3) is 0 Å². The molecule has 0 bridgehead atoms. The lowest BCUT2D eigenvalue weighted by Crippen LogP contribution is -2.51. The summed E-state index contributed by atoms with van der Waals surface area (Å²) in [5, 5.41) is 10.6. The first-order valence-corrected chi connectivity index (χ1v) is 4.83. The summed E-state index contributed by atoms with van der Waals surface area (Å²) in [4.78, 5) is 11.5. The number of hydrogen-bond donors (Lipinski definition) is 2. The number of rotatable bonds is 4. The van der Waals surface area contributed by atoms with Crippen LogP contribution in [-0.2, 0) is 4.79 Å². The normalized spacial score (nSPS) is 13.8. The summed E-state index contributed by atoms with van der Waals surface area (Å²) in [5.74, 6) is -7.01. The summed E-state index contributed by atoms with van der Waals surface area (Å²) < 4.78 is 73.8. The van der Waals surface area contributed by atoms with Gasteiger partial charge in [0, 0.05) is 6.54 Å². The molecule has 0 unspecified atom stereocenters. The van der Waals surface area contributed by atoms with Crippen molar-refractivity contribution in [3.8, 4) is 0 Å². The minimum absolute atomic E-state index is 0.195. The lowest BCUT2D eigenvalue weighted by Gasteiger charge is -2.28. The van der Waals surface area contributed by atoms with E-state index in [4.69, 9.17) is 10.9 Å². The molecule has 0 aliphatic carbocycles. The van der Waals surface area contributed by atoms with Crippen LogP contribution < -0.4 is 5.73 Å². The zero-order valence-electron chi connectivity index (χ0n) is 9.59. The average molecular weight is 295 g/mol. The van der Waals surface area contributed by atoms with Gasteiger partial charge < -0.3 is 15.8 Å². The number of amides is 1. The molecule has 0 radical (unpaired) electrons. The Labute approximate surface area is 103 Å². The Morgan fingerprint density at radius 3 is 1.95 bits per heavy atom. The Balaban J connectivity index is 5.30. The van der Waals surface area contributed by atoms with Crippen LogP contribution >= 0.6 is 0 Å². The third-order valence-electron chi connectivity index (χ3n) is 2.08. The molecule has 0 aliphatic heterocycles. The smallest absolute Gasteiger partial charge is 0.409 e. The summed E-state index contributed by atoms with van der Waals surface area (Å²) in [6, 6.07) is 0. The SMILES string of the molecule is CCN(CC(N)=NO)C(=O)C(C(F)(F)F)C(F)(F)F. The third-order valence-corrected chi connectivity index (χ3v) is 2.08. The number of nitrogens with two attached hydrogens (primary N) is 1. The lowest BCUT2D eigenvalue weighted by atomic mass is 10.1. The first kappa shape index (κ1) is 17.3. The van der Waals surface area contributed by atoms with Crippen molar-refractivity contribution in [1.82, 2.24) is 4.90 Å². The van der Waals surface area contributed by atoms with E-state index < -0.39 is 43.1 Å². The number of likely N-dealkylation sites (N-methyl/N-ethyl adjacent to an activating group) is 1. The van der Waals surface area contributed by atoms with Crippen molar-refractivity contribution in [2.24, 2.45) is 16.8 Å². The predicted octanol–water partition coefficient (Wildman–Crippen LogP) is 1.32. The second kappa shape index (κ2) is 5.97. The number of amidine groups is 1. The van der Waals surface area contributed by atoms with E-state index in [2.05, 4.69) is 5.16 Å². The van der Waals surface area contributed by atoms with E-state index >= 15 is 0 Å². The molecule has 0 saturated heterocycles. The molecule has 0 aliphatic rings. The average Bonchev–Trinajstić information content (AvgIpc) is 2.20. The van der Waals surface area contributed by atoms with Crippen molar-refractivity contribution in [2.45, 2.75) is 19.3 Å². The molecule has 0 saturated carbocycles. The van der Waals surface area contributed by atoms with Crippen LogP contribution in [0.3, 0.4) is 0 Å². The molecule has 0 fully saturated rings. The summed E-state index contributed by atoms with van der Waals surface area (Å²) in [6.07, 6.45) is -11.5. The molecule has 0 atom stereocenters. The number of oxime groups is 1. The van der Waals surface area contributed by atoms with Gasteiger partial charge in [0.05, 0.1) is 6.54 Å². The Morgan fingerprint density at radius 2 is 1.68 bits per heavy atom. The molecular formula is C8H11F6N3O2. The molecule has 0 spiro atoms. The standard InChI is InChI=1S/C8H11F6N3O2/c1-2-17(3-4(15)16-19)6(18)5(7(9,10)11)8(12,13)14/h5,19H,2-3H2,1H3,(H2,15,16). The van der Waals surface area contributed by atoms with Crippen LogP contribution in [0.15, 0.2) is 5.16 Å². The highest BCUT2D eigenvalue weighted by molar-refractivity contribution is 5.88. The highest BCUT2D eigenvalue weighted by atomic mass is 19.4. The highest BCUT2D eigenvalue weighted by Gasteiger charge is 2.61. The van der Waals surface area contributed by atoms with Crippen molar-refractivity contribution in [2.75, 3.05) is 13.1 Å². The maximum atomic E-state index is 12.3. The van der Waals surface area contributed by atoms with E-state index in [1.165, 1.54) is 0 Å². The predicted molar refractivity (Wildman–Crippen MR) is 51.3 cm³/mol. The van der Waals surface area contributed by atoms with Crippen LogP contribution in [0.25, 0.3) is 0 Å². The van der Waals surface area contributed by atoms with Crippen molar-refractivity contribution in [3.63, 3.8) is 0 Å². The number of carbonyl (C=O) groups is 1. The minimum atomic E-state index is -5.77. The highest BCUT2D eigenvalue weighted by Crippen LogP contribution is 2.40. The summed E-state index contributed by atoms with van der Waals surface area (Å²) in [5.41, 5.74) is 4.95. The molecule has 3 N–H and O–H groups in total. The minimum Gasteiger partial charge on any atom is -0.409 e. The number of nitrogens with zero attached hydrogens (tertiary/aromatic N) is 2. The van der Waals surface area contributed by atoms with Gasteiger partial charge in [0.2, 0.25) is 11.8 Å². The van der Waals surface area contributed by atoms with Crippen LogP contribution in [0.1, 0.15) is 6.92 Å². The van der Waals surface area contributed by atoms with E-state index in [0.717, 1.165) is 6.92 Å². The fraction of sp³-hybridized carbons (Fsp3) is 0.750. The fourth-order valence-electron chi connectivity index (χ4n) is 1.22. The second-order valence-electron chi connectivity index (χ2n) is 3.46. The number of halogens is 6. The van der Waals surface area contributed by atoms with Crippen molar-refractivity contribution >= 4 is 11.7 Å². The zero-order valence-corrected chi connectivity index (χ0v) is 9.59. The van der Waals surface area contributed by atoms with Gasteiger partial charge in [-0.2, -0.15) is 26.3 Å². The summed E-state index contributed by atoms with van der Waals surface area (Å²) in [7, 11) is 0. The maximum Gasteiger partial charge on any atom is 0.409 e. The molecule has 1 amide bonds. The van der Waals surface area contributed by atoms with Gasteiger partial charge in [-0.1, -0.05) is 5.16 Å². The Hall–Kier alpha value is -1.68. The Kier molecular flexibility index (Phi) is 5.45. The number of hydrogen-bond acceptors (Lipinski definition) is 3. The van der Waals surface area contributed by atoms with E-state index in [1.54, 1.807) is 0 Å². The topological polar surface area (TPSA) is 78.9 Å². The number of alkyl halides is 6. The van der Waals surface area contributed by atoms with Gasteiger partial charge in [0.1, 0.15) is 0 Å². The van der Waals surface area contributed by atoms with E-state index in [9.17, 15) is 31.1 Å². The second-order valence-corrected chi connectivity index (χ2v) is 3.46. The molecule has 0 aromatic heterocycles. The zero-order chi connectivity index (χ0) is 15.4. The quantitative estimate of drug-likeness (QED) is 0.270. The molecular weight excluding hydrogens is 284 g/mol. The van der Waals surface area contributed by atoms with Gasteiger partial charge in [0.15, 0.2) is 5.84 Å². The van der Waals surface area contributed by atoms with Crippen LogP contribution in [0.5, 0.6) is 0 Å². The Morgan fingerprint density at radius 1 is 1.26 bits per heavy atom. The molecule has 19 heavy (non-hydrogen) atoms. The molecule has 0 aromatic carbocycles. The van der Waals surface area contributed by atoms with Gasteiger partial charge >= 0.3 is 12.4 Å². The lowest BCUT2D eigenvalue weighted by molar-refractivity contribution is -0.277. The van der Waals surface area contributed by atoms with Crippen molar-refractivity contribution in [3.05, 3.63) is 0 Å². The first-order valence-electron chi connectivity index (χ1n) is 4.83. The van der Waals surface area contributed by atoms with Crippen LogP contribution in [-0.4, -0.2) is 47.3 Å². The van der Waals surface area contributed by atoms with E-state index in [-0.39, 0.29) is 4.90 Å². The van der Waals surface area contributed by atoms with E-state index in [0.29, 0.717) is 0 Å². The first-order chi connectivity index (χ1) is 8.45. The van der Waals surface area contributed by atoms with Crippen molar-refractivity contribution in [1.29, 1.82) is 0 Å². The maximum absolute atomic E-state index is 12.3. The fourth-order valence-corrected chi connectivity index (χ4v) is 1.22. The van der Waals surface area contributed by atoms with Gasteiger partial charge in [-0.05, 0) is 6.92 Å². The van der Waals surface area contributed by atoms with Gasteiger partial charge in [-0.3, -0.25) is 4.79 Å². The monoisotopic (exact) mass is 295 g/mol. The summed E-state index contributed by atoms with van der Waals surface area (Å²) in [6.45, 7) is -0.140. The van der Waals surface area contributed by atoms with Crippen LogP contribution in [0.2, 0.25) is 0 Å². The molecule has 0 rings (SSSR count). The van der Waals surface area contributed by atoms with Gasteiger partial charge in [-0.25, -0.2) is 0 Å². The molecule has 0 aromatic rings. The van der Waals surface area contributed by atoms with Crippen LogP contribution in [0.4, 0.5) is 26.3 Å². The largest absolute Gasteiger partial charge is 0.409 e.